The average molecular weight is 320 g/mol. The fourth-order valence-corrected chi connectivity index (χ4v) is 3.33. The van der Waals surface area contributed by atoms with Crippen molar-refractivity contribution in [1.29, 1.82) is 0 Å². The summed E-state index contributed by atoms with van der Waals surface area (Å²) >= 11 is 0. The molecule has 0 aromatic heterocycles. The summed E-state index contributed by atoms with van der Waals surface area (Å²) < 4.78 is 0. The summed E-state index contributed by atoms with van der Waals surface area (Å²) in [5.74, 6) is 0. The first-order chi connectivity index (χ1) is 12.3. The van der Waals surface area contributed by atoms with Gasteiger partial charge in [0.05, 0.1) is 0 Å². The first-order valence-corrected chi connectivity index (χ1v) is 8.64. The lowest BCUT2D eigenvalue weighted by atomic mass is 9.90. The molecule has 0 atom stereocenters. The van der Waals surface area contributed by atoms with Crippen LogP contribution in [0.15, 0.2) is 103 Å². The van der Waals surface area contributed by atoms with Crippen LogP contribution in [0.1, 0.15) is 5.56 Å². The van der Waals surface area contributed by atoms with Gasteiger partial charge in [0.1, 0.15) is 0 Å². The van der Waals surface area contributed by atoms with E-state index in [2.05, 4.69) is 110 Å². The van der Waals surface area contributed by atoms with Gasteiger partial charge in [-0.1, -0.05) is 97.1 Å². The summed E-state index contributed by atoms with van der Waals surface area (Å²) in [6, 6.07) is 36.6. The molecule has 120 valence electrons. The normalized spacial score (nSPS) is 10.6. The van der Waals surface area contributed by atoms with Crippen molar-refractivity contribution in [3.05, 3.63) is 109 Å². The largest absolute Gasteiger partial charge is 0.0622 e. The highest BCUT2D eigenvalue weighted by molar-refractivity contribution is 5.87. The van der Waals surface area contributed by atoms with Crippen molar-refractivity contribution < 1.29 is 0 Å². The second-order valence-corrected chi connectivity index (χ2v) is 6.31. The molecule has 0 radical (unpaired) electrons. The monoisotopic (exact) mass is 320 g/mol. The molecule has 0 aliphatic carbocycles. The molecule has 0 unspecified atom stereocenters. The van der Waals surface area contributed by atoms with Gasteiger partial charge in [-0.25, -0.2) is 0 Å². The quantitative estimate of drug-likeness (QED) is 0.381. The molecule has 0 bridgehead atoms. The van der Waals surface area contributed by atoms with Crippen LogP contribution < -0.4 is 0 Å². The lowest BCUT2D eigenvalue weighted by Crippen LogP contribution is -1.89. The number of rotatable bonds is 3. The topological polar surface area (TPSA) is 0 Å². The standard InChI is InChI=1S/C25H20/c1-19-10-8-9-15-23(19)22-16-17-24(20-11-4-2-5-12-20)25(18-22)21-13-6-3-7-14-21/h2-18H,1H3. The Kier molecular flexibility index (Phi) is 4.18. The van der Waals surface area contributed by atoms with E-state index in [4.69, 9.17) is 0 Å². The summed E-state index contributed by atoms with van der Waals surface area (Å²) in [6.45, 7) is 2.17. The highest BCUT2D eigenvalue weighted by Gasteiger charge is 2.10. The third kappa shape index (κ3) is 3.12. The van der Waals surface area contributed by atoms with Gasteiger partial charge in [0.15, 0.2) is 0 Å². The minimum absolute atomic E-state index is 1.25. The molecular weight excluding hydrogens is 300 g/mol. The van der Waals surface area contributed by atoms with E-state index >= 15 is 0 Å². The van der Waals surface area contributed by atoms with E-state index in [1.165, 1.54) is 38.9 Å². The third-order valence-corrected chi connectivity index (χ3v) is 4.65. The van der Waals surface area contributed by atoms with Crippen molar-refractivity contribution in [1.82, 2.24) is 0 Å². The van der Waals surface area contributed by atoms with Crippen LogP contribution >= 0.6 is 0 Å². The van der Waals surface area contributed by atoms with Crippen LogP contribution in [0.2, 0.25) is 0 Å². The van der Waals surface area contributed by atoms with E-state index in [1.807, 2.05) is 0 Å². The van der Waals surface area contributed by atoms with Crippen LogP contribution in [0.5, 0.6) is 0 Å². The molecule has 0 saturated carbocycles. The summed E-state index contributed by atoms with van der Waals surface area (Å²) in [5.41, 5.74) is 8.89. The minimum Gasteiger partial charge on any atom is -0.0622 e. The number of aryl methyl sites for hydroxylation is 1. The van der Waals surface area contributed by atoms with E-state index in [9.17, 15) is 0 Å². The zero-order chi connectivity index (χ0) is 17.1. The molecule has 0 saturated heterocycles. The molecule has 0 nitrogen and oxygen atoms in total. The van der Waals surface area contributed by atoms with Gasteiger partial charge in [0.2, 0.25) is 0 Å². The lowest BCUT2D eigenvalue weighted by Gasteiger charge is -2.14. The van der Waals surface area contributed by atoms with Gasteiger partial charge < -0.3 is 0 Å². The predicted octanol–water partition coefficient (Wildman–Crippen LogP) is 7.00. The van der Waals surface area contributed by atoms with E-state index in [1.54, 1.807) is 0 Å². The zero-order valence-electron chi connectivity index (χ0n) is 14.3. The molecule has 0 fully saturated rings. The van der Waals surface area contributed by atoms with Gasteiger partial charge >= 0.3 is 0 Å². The van der Waals surface area contributed by atoms with Crippen LogP contribution in [-0.2, 0) is 0 Å². The second kappa shape index (κ2) is 6.78. The first kappa shape index (κ1) is 15.4. The molecule has 25 heavy (non-hydrogen) atoms. The zero-order valence-corrected chi connectivity index (χ0v) is 14.3. The maximum Gasteiger partial charge on any atom is -0.00992 e. The highest BCUT2D eigenvalue weighted by Crippen LogP contribution is 2.36. The summed E-state index contributed by atoms with van der Waals surface area (Å²) in [4.78, 5) is 0. The van der Waals surface area contributed by atoms with Gasteiger partial charge in [-0.3, -0.25) is 0 Å². The molecule has 4 rings (SSSR count). The minimum atomic E-state index is 1.25. The predicted molar refractivity (Wildman–Crippen MR) is 107 cm³/mol. The fourth-order valence-electron chi connectivity index (χ4n) is 3.33. The molecule has 0 heteroatoms. The van der Waals surface area contributed by atoms with Crippen LogP contribution in [0.25, 0.3) is 33.4 Å². The first-order valence-electron chi connectivity index (χ1n) is 8.64. The fraction of sp³-hybridized carbons (Fsp3) is 0.0400. The van der Waals surface area contributed by atoms with Gasteiger partial charge in [-0.2, -0.15) is 0 Å². The van der Waals surface area contributed by atoms with E-state index in [0.717, 1.165) is 0 Å². The maximum absolute atomic E-state index is 2.32. The van der Waals surface area contributed by atoms with Crippen LogP contribution in [0, 0.1) is 6.92 Å². The van der Waals surface area contributed by atoms with Gasteiger partial charge in [0, 0.05) is 0 Å². The average Bonchev–Trinajstić information content (AvgIpc) is 2.69. The highest BCUT2D eigenvalue weighted by atomic mass is 14.1. The molecule has 0 heterocycles. The molecule has 0 aliphatic rings. The Labute approximate surface area is 149 Å². The maximum atomic E-state index is 2.32. The van der Waals surface area contributed by atoms with Crippen LogP contribution in [0.3, 0.4) is 0 Å². The molecule has 4 aromatic carbocycles. The smallest absolute Gasteiger partial charge is 0.00992 e. The molecule has 0 spiro atoms. The second-order valence-electron chi connectivity index (χ2n) is 6.31. The number of hydrogen-bond acceptors (Lipinski definition) is 0. The Bertz CT molecular complexity index is 983. The van der Waals surface area contributed by atoms with Crippen molar-refractivity contribution in [3.8, 4) is 33.4 Å². The van der Waals surface area contributed by atoms with E-state index in [-0.39, 0.29) is 0 Å². The summed E-state index contributed by atoms with van der Waals surface area (Å²) in [7, 11) is 0. The van der Waals surface area contributed by atoms with Crippen molar-refractivity contribution in [2.24, 2.45) is 0 Å². The van der Waals surface area contributed by atoms with Gasteiger partial charge in [-0.15, -0.1) is 0 Å². The molecule has 4 aromatic rings. The van der Waals surface area contributed by atoms with Gasteiger partial charge in [0.25, 0.3) is 0 Å². The van der Waals surface area contributed by atoms with Gasteiger partial charge in [-0.05, 0) is 51.9 Å². The number of benzene rings is 4. The molecule has 0 N–H and O–H groups in total. The van der Waals surface area contributed by atoms with Crippen molar-refractivity contribution in [2.45, 2.75) is 6.92 Å². The Morgan fingerprint density at radius 3 is 1.60 bits per heavy atom. The van der Waals surface area contributed by atoms with E-state index in [0.29, 0.717) is 0 Å². The summed E-state index contributed by atoms with van der Waals surface area (Å²) in [6.07, 6.45) is 0. The van der Waals surface area contributed by atoms with Crippen molar-refractivity contribution >= 4 is 0 Å². The Hall–Kier alpha value is -3.12. The molecular formula is C25H20. The molecule has 0 aliphatic heterocycles. The summed E-state index contributed by atoms with van der Waals surface area (Å²) in [5, 5.41) is 0. The van der Waals surface area contributed by atoms with Crippen LogP contribution in [-0.4, -0.2) is 0 Å². The van der Waals surface area contributed by atoms with Crippen LogP contribution in [0.4, 0.5) is 0 Å². The third-order valence-electron chi connectivity index (χ3n) is 4.65. The molecule has 0 amide bonds. The number of hydrogen-bond donors (Lipinski definition) is 0. The Morgan fingerprint density at radius 1 is 0.400 bits per heavy atom. The lowest BCUT2D eigenvalue weighted by molar-refractivity contribution is 1.46. The van der Waals surface area contributed by atoms with E-state index < -0.39 is 0 Å². The Balaban J connectivity index is 1.94. The van der Waals surface area contributed by atoms with Crippen molar-refractivity contribution in [2.75, 3.05) is 0 Å². The SMILES string of the molecule is Cc1ccccc1-c1ccc(-c2ccccc2)c(-c2ccccc2)c1. The Morgan fingerprint density at radius 2 is 0.960 bits per heavy atom. The van der Waals surface area contributed by atoms with Crippen molar-refractivity contribution in [3.63, 3.8) is 0 Å².